The molecular weight excluding hydrogens is 747 g/mol. The summed E-state index contributed by atoms with van der Waals surface area (Å²) >= 11 is 0. The van der Waals surface area contributed by atoms with Gasteiger partial charge < -0.3 is 4.90 Å². The molecule has 4 saturated carbocycles. The van der Waals surface area contributed by atoms with Crippen molar-refractivity contribution in [2.75, 3.05) is 4.90 Å². The molecule has 4 fully saturated rings. The summed E-state index contributed by atoms with van der Waals surface area (Å²) in [6.07, 6.45) is 7.08. The lowest BCUT2D eigenvalue weighted by Crippen LogP contribution is -2.55. The highest BCUT2D eigenvalue weighted by Gasteiger charge is 2.62. The number of hydrogen-bond donors (Lipinski definition) is 0. The first-order valence-corrected chi connectivity index (χ1v) is 23.1. The highest BCUT2D eigenvalue weighted by molar-refractivity contribution is 5.90. The van der Waals surface area contributed by atoms with E-state index in [1.54, 1.807) is 11.1 Å². The molecule has 300 valence electrons. The highest BCUT2D eigenvalue weighted by atomic mass is 15.1. The molecule has 0 unspecified atom stereocenters. The van der Waals surface area contributed by atoms with Crippen LogP contribution in [0.3, 0.4) is 0 Å². The standard InChI is InChI=1S/C61H51N/c1-60(2)56-17-8-6-13-52(56)54-32-31-50(38-58(54)60)62(48-27-23-43(24-28-48)41-11-4-3-5-12-41)49-29-25-44(26-30-49)42-19-21-45(22-20-42)51-15-10-16-55-53-14-7-9-18-57(53)61(59(51)55)46-34-39-33-40(36-46)37-47(61)35-39/h3-32,38-40,46-47H,33-37H2,1-2H3. The molecule has 0 saturated heterocycles. The van der Waals surface area contributed by atoms with Crippen molar-refractivity contribution in [2.45, 2.75) is 56.8 Å². The Balaban J connectivity index is 0.861. The maximum absolute atomic E-state index is 2.50. The molecule has 0 heterocycles. The minimum absolute atomic E-state index is 0.0825. The monoisotopic (exact) mass is 797 g/mol. The molecular formula is C61H51N. The molecule has 1 nitrogen and oxygen atoms in total. The van der Waals surface area contributed by atoms with Crippen molar-refractivity contribution in [1.82, 2.24) is 0 Å². The normalized spacial score (nSPS) is 22.9. The van der Waals surface area contributed by atoms with Gasteiger partial charge in [0.15, 0.2) is 0 Å². The van der Waals surface area contributed by atoms with E-state index < -0.39 is 0 Å². The van der Waals surface area contributed by atoms with E-state index in [1.165, 1.54) is 105 Å². The molecule has 4 bridgehead atoms. The van der Waals surface area contributed by atoms with E-state index in [9.17, 15) is 0 Å². The van der Waals surface area contributed by atoms with E-state index in [4.69, 9.17) is 0 Å². The van der Waals surface area contributed by atoms with Gasteiger partial charge in [0, 0.05) is 27.9 Å². The average molecular weight is 798 g/mol. The molecule has 6 aliphatic carbocycles. The lowest BCUT2D eigenvalue weighted by molar-refractivity contribution is -0.0397. The third kappa shape index (κ3) is 5.21. The largest absolute Gasteiger partial charge is 0.310 e. The van der Waals surface area contributed by atoms with E-state index >= 15 is 0 Å². The van der Waals surface area contributed by atoms with Gasteiger partial charge in [-0.15, -0.1) is 0 Å². The summed E-state index contributed by atoms with van der Waals surface area (Å²) in [7, 11) is 0. The first-order chi connectivity index (χ1) is 30.4. The van der Waals surface area contributed by atoms with Crippen molar-refractivity contribution in [3.8, 4) is 55.6 Å². The van der Waals surface area contributed by atoms with E-state index in [2.05, 4.69) is 207 Å². The van der Waals surface area contributed by atoms with Crippen LogP contribution in [-0.2, 0) is 10.8 Å². The maximum atomic E-state index is 2.50. The molecule has 0 radical (unpaired) electrons. The number of rotatable bonds is 6. The number of fused-ring (bicyclic) bond motifs is 6. The van der Waals surface area contributed by atoms with Gasteiger partial charge in [-0.3, -0.25) is 0 Å². The van der Waals surface area contributed by atoms with Gasteiger partial charge in [0.1, 0.15) is 0 Å². The minimum atomic E-state index is -0.0825. The number of nitrogens with zero attached hydrogens (tertiary/aromatic N) is 1. The number of anilines is 3. The highest BCUT2D eigenvalue weighted by Crippen LogP contribution is 2.70. The van der Waals surface area contributed by atoms with Gasteiger partial charge in [0.05, 0.1) is 0 Å². The first-order valence-electron chi connectivity index (χ1n) is 23.1. The molecule has 0 atom stereocenters. The zero-order chi connectivity index (χ0) is 41.2. The van der Waals surface area contributed by atoms with Crippen LogP contribution in [0.2, 0.25) is 0 Å². The van der Waals surface area contributed by atoms with Gasteiger partial charge in [-0.2, -0.15) is 0 Å². The Morgan fingerprint density at radius 3 is 1.44 bits per heavy atom. The van der Waals surface area contributed by atoms with Gasteiger partial charge in [-0.05, 0) is 170 Å². The predicted molar refractivity (Wildman–Crippen MR) is 258 cm³/mol. The Hall–Kier alpha value is -6.44. The Bertz CT molecular complexity index is 3000. The second-order valence-corrected chi connectivity index (χ2v) is 19.7. The predicted octanol–water partition coefficient (Wildman–Crippen LogP) is 16.2. The van der Waals surface area contributed by atoms with Crippen molar-refractivity contribution >= 4 is 17.1 Å². The van der Waals surface area contributed by atoms with Gasteiger partial charge in [0.25, 0.3) is 0 Å². The fourth-order valence-corrected chi connectivity index (χ4v) is 13.8. The summed E-state index contributed by atoms with van der Waals surface area (Å²) in [5.74, 6) is 3.37. The number of hydrogen-bond acceptors (Lipinski definition) is 1. The Labute approximate surface area is 366 Å². The van der Waals surface area contributed by atoms with E-state index in [0.29, 0.717) is 0 Å². The van der Waals surface area contributed by atoms with Crippen LogP contribution in [-0.4, -0.2) is 0 Å². The van der Waals surface area contributed by atoms with Gasteiger partial charge in [-0.1, -0.05) is 166 Å². The molecule has 8 aromatic carbocycles. The fraction of sp³-hybridized carbons (Fsp3) is 0.213. The van der Waals surface area contributed by atoms with E-state index in [1.807, 2.05) is 0 Å². The quantitative estimate of drug-likeness (QED) is 0.162. The molecule has 1 heteroatoms. The molecule has 0 aliphatic heterocycles. The summed E-state index contributed by atoms with van der Waals surface area (Å²) in [5, 5.41) is 0. The first kappa shape index (κ1) is 36.2. The second-order valence-electron chi connectivity index (χ2n) is 19.7. The zero-order valence-electron chi connectivity index (χ0n) is 35.7. The van der Waals surface area contributed by atoms with Crippen LogP contribution in [0.25, 0.3) is 55.6 Å². The summed E-state index contributed by atoms with van der Waals surface area (Å²) in [6.45, 7) is 4.73. The molecule has 1 spiro atoms. The summed E-state index contributed by atoms with van der Waals surface area (Å²) in [4.78, 5) is 2.43. The minimum Gasteiger partial charge on any atom is -0.310 e. The molecule has 0 aromatic heterocycles. The molecule has 0 N–H and O–H groups in total. The zero-order valence-corrected chi connectivity index (χ0v) is 35.7. The van der Waals surface area contributed by atoms with Crippen molar-refractivity contribution < 1.29 is 0 Å². The van der Waals surface area contributed by atoms with Crippen LogP contribution in [0.15, 0.2) is 188 Å². The Morgan fingerprint density at radius 2 is 0.806 bits per heavy atom. The lowest BCUT2D eigenvalue weighted by Gasteiger charge is -2.61. The lowest BCUT2D eigenvalue weighted by atomic mass is 9.42. The Kier molecular flexibility index (Phi) is 7.91. The van der Waals surface area contributed by atoms with Gasteiger partial charge in [0.2, 0.25) is 0 Å². The van der Waals surface area contributed by atoms with Gasteiger partial charge >= 0.3 is 0 Å². The smallest absolute Gasteiger partial charge is 0.0465 e. The summed E-state index contributed by atoms with van der Waals surface area (Å²) in [6, 6.07) is 71.1. The van der Waals surface area contributed by atoms with Crippen molar-refractivity contribution in [1.29, 1.82) is 0 Å². The van der Waals surface area contributed by atoms with E-state index in [-0.39, 0.29) is 10.8 Å². The third-order valence-corrected chi connectivity index (χ3v) is 16.3. The molecule has 14 rings (SSSR count). The van der Waals surface area contributed by atoms with Gasteiger partial charge in [-0.25, -0.2) is 0 Å². The van der Waals surface area contributed by atoms with Crippen molar-refractivity contribution in [3.63, 3.8) is 0 Å². The van der Waals surface area contributed by atoms with Crippen LogP contribution < -0.4 is 4.90 Å². The van der Waals surface area contributed by atoms with Crippen LogP contribution in [0.1, 0.15) is 68.2 Å². The van der Waals surface area contributed by atoms with Crippen LogP contribution in [0.5, 0.6) is 0 Å². The molecule has 0 amide bonds. The third-order valence-electron chi connectivity index (χ3n) is 16.3. The van der Waals surface area contributed by atoms with Crippen molar-refractivity contribution in [3.05, 3.63) is 210 Å². The second kappa shape index (κ2) is 13.5. The topological polar surface area (TPSA) is 3.24 Å². The molecule has 8 aromatic rings. The SMILES string of the molecule is CC1(C)c2ccccc2-c2ccc(N(c3ccc(-c4ccccc4)cc3)c3ccc(-c4ccc(-c5cccc6c5C5(c7ccccc7-6)C6CC7CC(C6)CC5C7)cc4)cc3)cc21. The van der Waals surface area contributed by atoms with Crippen LogP contribution in [0, 0.1) is 23.7 Å². The van der Waals surface area contributed by atoms with Crippen LogP contribution >= 0.6 is 0 Å². The molecule has 62 heavy (non-hydrogen) atoms. The summed E-state index contributed by atoms with van der Waals surface area (Å²) < 4.78 is 0. The number of benzene rings is 8. The Morgan fingerprint density at radius 1 is 0.355 bits per heavy atom. The fourth-order valence-electron chi connectivity index (χ4n) is 13.8. The van der Waals surface area contributed by atoms with Crippen LogP contribution in [0.4, 0.5) is 17.1 Å². The van der Waals surface area contributed by atoms with E-state index in [0.717, 1.165) is 35.0 Å². The summed E-state index contributed by atoms with van der Waals surface area (Å²) in [5.41, 5.74) is 22.9. The molecule has 6 aliphatic rings. The maximum Gasteiger partial charge on any atom is 0.0465 e. The average Bonchev–Trinajstić information content (AvgIpc) is 3.74. The van der Waals surface area contributed by atoms with Crippen molar-refractivity contribution in [2.24, 2.45) is 23.7 Å².